The molecule has 0 amide bonds. The molecule has 0 unspecified atom stereocenters. The first kappa shape index (κ1) is 7.70. The van der Waals surface area contributed by atoms with Gasteiger partial charge in [-0.05, 0) is 6.42 Å². The van der Waals surface area contributed by atoms with Gasteiger partial charge in [-0.15, -0.1) is 0 Å². The highest BCUT2D eigenvalue weighted by Crippen LogP contribution is 1.99. The number of carbonyl (C=O) groups excluding carboxylic acids is 1. The summed E-state index contributed by atoms with van der Waals surface area (Å²) in [6.07, 6.45) is 4.29. The first-order chi connectivity index (χ1) is 3.81. The molecular formula is C6H9ClO. The molecule has 8 heavy (non-hydrogen) atoms. The molecule has 0 saturated carbocycles. The molecule has 0 bridgehead atoms. The molecule has 46 valence electrons. The molecule has 0 fully saturated rings. The molecule has 0 rings (SSSR count). The second kappa shape index (κ2) is 4.85. The maximum atomic E-state index is 9.81. The Bertz CT molecular complexity index is 96.7. The maximum absolute atomic E-state index is 9.81. The quantitative estimate of drug-likeness (QED) is 0.425. The number of rotatable bonds is 3. The van der Waals surface area contributed by atoms with E-state index in [2.05, 4.69) is 0 Å². The highest BCUT2D eigenvalue weighted by molar-refractivity contribution is 6.38. The lowest BCUT2D eigenvalue weighted by Crippen LogP contribution is -1.70. The van der Waals surface area contributed by atoms with Crippen LogP contribution < -0.4 is 0 Å². The van der Waals surface area contributed by atoms with E-state index in [-0.39, 0.29) is 0 Å². The Morgan fingerprint density at radius 1 is 1.75 bits per heavy atom. The van der Waals surface area contributed by atoms with Crippen molar-refractivity contribution >= 4 is 17.9 Å². The van der Waals surface area contributed by atoms with Crippen LogP contribution in [0.25, 0.3) is 0 Å². The molecule has 0 spiro atoms. The van der Waals surface area contributed by atoms with Crippen molar-refractivity contribution in [2.24, 2.45) is 0 Å². The van der Waals surface area contributed by atoms with Crippen LogP contribution in [0, 0.1) is 0 Å². The van der Waals surface area contributed by atoms with Crippen molar-refractivity contribution in [3.05, 3.63) is 11.1 Å². The summed E-state index contributed by atoms with van der Waals surface area (Å²) in [5.41, 5.74) is 0. The van der Waals surface area contributed by atoms with Crippen LogP contribution >= 0.6 is 11.6 Å². The fraction of sp³-hybridized carbons (Fsp3) is 0.500. The van der Waals surface area contributed by atoms with Gasteiger partial charge in [-0.25, -0.2) is 0 Å². The lowest BCUT2D eigenvalue weighted by Gasteiger charge is -1.82. The summed E-state index contributed by atoms with van der Waals surface area (Å²) < 4.78 is 0. The second-order valence-electron chi connectivity index (χ2n) is 1.50. The van der Waals surface area contributed by atoms with Crippen molar-refractivity contribution in [3.8, 4) is 0 Å². The minimum atomic E-state index is 0.312. The molecule has 0 aromatic heterocycles. The Balaban J connectivity index is 3.40. The molecule has 0 aromatic carbocycles. The average molecular weight is 133 g/mol. The summed E-state index contributed by atoms with van der Waals surface area (Å²) in [5.74, 6) is 0. The van der Waals surface area contributed by atoms with Crippen LogP contribution in [0.3, 0.4) is 0 Å². The largest absolute Gasteiger partial charge is 0.297 e. The summed E-state index contributed by atoms with van der Waals surface area (Å²) in [5, 5.41) is 0.312. The van der Waals surface area contributed by atoms with E-state index in [9.17, 15) is 4.79 Å². The zero-order chi connectivity index (χ0) is 6.41. The number of hydrogen-bond acceptors (Lipinski definition) is 1. The van der Waals surface area contributed by atoms with Crippen molar-refractivity contribution in [2.75, 3.05) is 0 Å². The van der Waals surface area contributed by atoms with Crippen LogP contribution in [0.1, 0.15) is 19.8 Å². The van der Waals surface area contributed by atoms with Gasteiger partial charge in [0.05, 0.1) is 5.03 Å². The Hall–Kier alpha value is -0.300. The molecule has 0 aromatic rings. The van der Waals surface area contributed by atoms with Gasteiger partial charge in [0.2, 0.25) is 0 Å². The van der Waals surface area contributed by atoms with Crippen LogP contribution in [0.5, 0.6) is 0 Å². The molecule has 0 aliphatic rings. The van der Waals surface area contributed by atoms with Crippen LogP contribution in [0.4, 0.5) is 0 Å². The maximum Gasteiger partial charge on any atom is 0.161 e. The minimum absolute atomic E-state index is 0.312. The molecule has 0 radical (unpaired) electrons. The van der Waals surface area contributed by atoms with Crippen molar-refractivity contribution < 1.29 is 4.79 Å². The van der Waals surface area contributed by atoms with E-state index in [4.69, 9.17) is 11.6 Å². The number of allylic oxidation sites excluding steroid dienone is 2. The minimum Gasteiger partial charge on any atom is -0.297 e. The monoisotopic (exact) mass is 132 g/mol. The topological polar surface area (TPSA) is 17.1 Å². The number of aldehydes is 1. The summed E-state index contributed by atoms with van der Waals surface area (Å²) >= 11 is 5.34. The van der Waals surface area contributed by atoms with E-state index in [0.29, 0.717) is 11.3 Å². The molecule has 1 nitrogen and oxygen atoms in total. The van der Waals surface area contributed by atoms with Gasteiger partial charge >= 0.3 is 0 Å². The van der Waals surface area contributed by atoms with Gasteiger partial charge in [0, 0.05) is 0 Å². The second-order valence-corrected chi connectivity index (χ2v) is 1.93. The van der Waals surface area contributed by atoms with Crippen molar-refractivity contribution in [2.45, 2.75) is 19.8 Å². The molecule has 0 N–H and O–H groups in total. The van der Waals surface area contributed by atoms with Crippen molar-refractivity contribution in [1.29, 1.82) is 0 Å². The van der Waals surface area contributed by atoms with Gasteiger partial charge in [0.15, 0.2) is 6.29 Å². The molecule has 0 saturated heterocycles. The van der Waals surface area contributed by atoms with Gasteiger partial charge in [0.25, 0.3) is 0 Å². The smallest absolute Gasteiger partial charge is 0.161 e. The fourth-order valence-electron chi connectivity index (χ4n) is 0.330. The normalized spacial score (nSPS) is 11.5. The third kappa shape index (κ3) is 3.88. The van der Waals surface area contributed by atoms with E-state index >= 15 is 0 Å². The Morgan fingerprint density at radius 2 is 2.38 bits per heavy atom. The average Bonchev–Trinajstić information content (AvgIpc) is 1.83. The van der Waals surface area contributed by atoms with Gasteiger partial charge in [-0.3, -0.25) is 4.79 Å². The van der Waals surface area contributed by atoms with Crippen molar-refractivity contribution in [1.82, 2.24) is 0 Å². The fourth-order valence-corrected chi connectivity index (χ4v) is 0.439. The molecule has 0 aliphatic heterocycles. The predicted octanol–water partition coefficient (Wildman–Crippen LogP) is 2.11. The third-order valence-electron chi connectivity index (χ3n) is 0.741. The van der Waals surface area contributed by atoms with Gasteiger partial charge in [-0.2, -0.15) is 0 Å². The van der Waals surface area contributed by atoms with E-state index < -0.39 is 0 Å². The molecule has 2 heteroatoms. The van der Waals surface area contributed by atoms with Crippen molar-refractivity contribution in [3.63, 3.8) is 0 Å². The van der Waals surface area contributed by atoms with E-state index in [0.717, 1.165) is 12.8 Å². The number of carbonyl (C=O) groups is 1. The Labute approximate surface area is 54.3 Å². The summed E-state index contributed by atoms with van der Waals surface area (Å²) in [6.45, 7) is 2.03. The summed E-state index contributed by atoms with van der Waals surface area (Å²) in [6, 6.07) is 0. The highest BCUT2D eigenvalue weighted by atomic mass is 35.5. The van der Waals surface area contributed by atoms with Gasteiger partial charge in [-0.1, -0.05) is 31.0 Å². The highest BCUT2D eigenvalue weighted by Gasteiger charge is 1.82. The van der Waals surface area contributed by atoms with Crippen LogP contribution in [0.2, 0.25) is 0 Å². The van der Waals surface area contributed by atoms with Crippen LogP contribution in [-0.4, -0.2) is 6.29 Å². The SMILES string of the molecule is CCC/C=C(/Cl)C=O. The Morgan fingerprint density at radius 3 is 2.75 bits per heavy atom. The molecule has 0 aliphatic carbocycles. The van der Waals surface area contributed by atoms with Gasteiger partial charge < -0.3 is 0 Å². The van der Waals surface area contributed by atoms with Gasteiger partial charge in [0.1, 0.15) is 0 Å². The Kier molecular flexibility index (Phi) is 4.67. The zero-order valence-corrected chi connectivity index (χ0v) is 5.61. The number of hydrogen-bond donors (Lipinski definition) is 0. The first-order valence-electron chi connectivity index (χ1n) is 2.62. The zero-order valence-electron chi connectivity index (χ0n) is 4.86. The van der Waals surface area contributed by atoms with E-state index in [1.54, 1.807) is 6.08 Å². The number of halogens is 1. The summed E-state index contributed by atoms with van der Waals surface area (Å²) in [7, 11) is 0. The van der Waals surface area contributed by atoms with E-state index in [1.165, 1.54) is 0 Å². The first-order valence-corrected chi connectivity index (χ1v) is 3.00. The van der Waals surface area contributed by atoms with E-state index in [1.807, 2.05) is 6.92 Å². The van der Waals surface area contributed by atoms with Crippen LogP contribution in [0.15, 0.2) is 11.1 Å². The molecule has 0 heterocycles. The summed E-state index contributed by atoms with van der Waals surface area (Å²) in [4.78, 5) is 9.81. The molecule has 0 atom stereocenters. The standard InChI is InChI=1S/C6H9ClO/c1-2-3-4-6(7)5-8/h4-5H,2-3H2,1H3/b6-4+. The lowest BCUT2D eigenvalue weighted by molar-refractivity contribution is -0.104. The number of unbranched alkanes of at least 4 members (excludes halogenated alkanes) is 1. The lowest BCUT2D eigenvalue weighted by atomic mass is 10.3. The third-order valence-corrected chi connectivity index (χ3v) is 0.984. The van der Waals surface area contributed by atoms with Crippen LogP contribution in [-0.2, 0) is 4.79 Å². The molecular weight excluding hydrogens is 124 g/mol. The predicted molar refractivity (Wildman–Crippen MR) is 34.9 cm³/mol.